The highest BCUT2D eigenvalue weighted by atomic mass is 32.2. The van der Waals surface area contributed by atoms with E-state index in [4.69, 9.17) is 0 Å². The van der Waals surface area contributed by atoms with E-state index in [0.29, 0.717) is 11.1 Å². The number of nitrogens with zero attached hydrogens (tertiary/aromatic N) is 1. The van der Waals surface area contributed by atoms with E-state index >= 15 is 0 Å². The number of carbonyl (C=O) groups is 2. The van der Waals surface area contributed by atoms with Crippen LogP contribution >= 0.6 is 11.8 Å². The molecule has 96 valence electrons. The van der Waals surface area contributed by atoms with E-state index in [9.17, 15) is 9.59 Å². The Hall–Kier alpha value is -1.49. The number of imide groups is 1. The highest BCUT2D eigenvalue weighted by molar-refractivity contribution is 7.99. The number of anilines is 1. The number of hydrogen-bond acceptors (Lipinski definition) is 4. The molecule has 0 spiro atoms. The number of carbonyl (C=O) groups excluding carboxylic acids is 2. The molecule has 1 aliphatic rings. The molecule has 5 heteroatoms. The fraction of sp³-hybridized carbons (Fsp3) is 0.385. The molecule has 0 atom stereocenters. The molecule has 0 saturated carbocycles. The summed E-state index contributed by atoms with van der Waals surface area (Å²) < 4.78 is 0. The molecule has 0 saturated heterocycles. The van der Waals surface area contributed by atoms with Crippen LogP contribution in [0.15, 0.2) is 18.2 Å². The van der Waals surface area contributed by atoms with Crippen molar-refractivity contribution < 1.29 is 9.59 Å². The maximum Gasteiger partial charge on any atom is 0.261 e. The number of amides is 2. The van der Waals surface area contributed by atoms with Crippen molar-refractivity contribution in [1.29, 1.82) is 0 Å². The van der Waals surface area contributed by atoms with Crippen LogP contribution in [0.25, 0.3) is 0 Å². The Bertz CT molecular complexity index is 488. The van der Waals surface area contributed by atoms with Gasteiger partial charge in [0.25, 0.3) is 11.8 Å². The van der Waals surface area contributed by atoms with Gasteiger partial charge in [0.2, 0.25) is 0 Å². The molecule has 1 aromatic rings. The predicted molar refractivity (Wildman–Crippen MR) is 74.4 cm³/mol. The zero-order valence-electron chi connectivity index (χ0n) is 10.5. The van der Waals surface area contributed by atoms with Gasteiger partial charge < -0.3 is 5.32 Å². The topological polar surface area (TPSA) is 49.4 Å². The molecule has 2 rings (SSSR count). The Labute approximate surface area is 111 Å². The minimum atomic E-state index is -0.221. The molecule has 1 N–H and O–H groups in total. The number of benzene rings is 1. The molecule has 4 nitrogen and oxygen atoms in total. The van der Waals surface area contributed by atoms with Crippen molar-refractivity contribution in [3.05, 3.63) is 29.3 Å². The standard InChI is InChI=1S/C13H16N2O2S/c1-3-18-7-6-14-9-4-5-10-11(8-9)13(17)15(2)12(10)16/h4-5,8,14H,3,6-7H2,1-2H3. The molecule has 0 radical (unpaired) electrons. The predicted octanol–water partition coefficient (Wildman–Crippen LogP) is 2.08. The first-order chi connectivity index (χ1) is 8.65. The average molecular weight is 264 g/mol. The molecule has 1 heterocycles. The lowest BCUT2D eigenvalue weighted by molar-refractivity contribution is 0.0693. The third-order valence-electron chi connectivity index (χ3n) is 2.87. The maximum absolute atomic E-state index is 11.8. The summed E-state index contributed by atoms with van der Waals surface area (Å²) in [5.41, 5.74) is 1.88. The van der Waals surface area contributed by atoms with Crippen LogP contribution in [0.2, 0.25) is 0 Å². The van der Waals surface area contributed by atoms with Crippen LogP contribution < -0.4 is 5.32 Å². The lowest BCUT2D eigenvalue weighted by Crippen LogP contribution is -2.24. The molecule has 18 heavy (non-hydrogen) atoms. The molecule has 1 aromatic carbocycles. The number of hydrogen-bond donors (Lipinski definition) is 1. The fourth-order valence-corrected chi connectivity index (χ4v) is 2.42. The summed E-state index contributed by atoms with van der Waals surface area (Å²) in [4.78, 5) is 24.7. The highest BCUT2D eigenvalue weighted by Crippen LogP contribution is 2.24. The SMILES string of the molecule is CCSCCNc1ccc2c(c1)C(=O)N(C)C2=O. The van der Waals surface area contributed by atoms with E-state index in [0.717, 1.165) is 28.6 Å². The third kappa shape index (κ3) is 2.36. The summed E-state index contributed by atoms with van der Waals surface area (Å²) in [6.07, 6.45) is 0. The number of fused-ring (bicyclic) bond motifs is 1. The van der Waals surface area contributed by atoms with E-state index in [1.807, 2.05) is 17.8 Å². The van der Waals surface area contributed by atoms with Gasteiger partial charge in [0.05, 0.1) is 11.1 Å². The fourth-order valence-electron chi connectivity index (χ4n) is 1.88. The van der Waals surface area contributed by atoms with Gasteiger partial charge >= 0.3 is 0 Å². The quantitative estimate of drug-likeness (QED) is 0.653. The first-order valence-electron chi connectivity index (χ1n) is 5.93. The summed E-state index contributed by atoms with van der Waals surface area (Å²) in [5.74, 6) is 1.69. The van der Waals surface area contributed by atoms with Crippen molar-refractivity contribution in [2.75, 3.05) is 30.4 Å². The lowest BCUT2D eigenvalue weighted by Gasteiger charge is -2.06. The van der Waals surface area contributed by atoms with E-state index < -0.39 is 0 Å². The van der Waals surface area contributed by atoms with Crippen molar-refractivity contribution in [3.8, 4) is 0 Å². The second-order valence-electron chi connectivity index (χ2n) is 4.05. The minimum absolute atomic E-state index is 0.219. The molecule has 0 bridgehead atoms. The van der Waals surface area contributed by atoms with Crippen LogP contribution in [-0.4, -0.2) is 41.8 Å². The first kappa shape index (κ1) is 13.0. The first-order valence-corrected chi connectivity index (χ1v) is 7.08. The van der Waals surface area contributed by atoms with Gasteiger partial charge in [0.15, 0.2) is 0 Å². The monoisotopic (exact) mass is 264 g/mol. The van der Waals surface area contributed by atoms with Crippen LogP contribution in [0.4, 0.5) is 5.69 Å². The zero-order chi connectivity index (χ0) is 13.1. The maximum atomic E-state index is 11.8. The molecule has 0 aromatic heterocycles. The van der Waals surface area contributed by atoms with Gasteiger partial charge in [-0.25, -0.2) is 0 Å². The molecule has 0 unspecified atom stereocenters. The largest absolute Gasteiger partial charge is 0.384 e. The number of rotatable bonds is 5. The van der Waals surface area contributed by atoms with Crippen molar-refractivity contribution in [3.63, 3.8) is 0 Å². The van der Waals surface area contributed by atoms with Crippen LogP contribution in [-0.2, 0) is 0 Å². The van der Waals surface area contributed by atoms with Crippen LogP contribution in [0.3, 0.4) is 0 Å². The number of thioether (sulfide) groups is 1. The second kappa shape index (κ2) is 5.44. The molecule has 0 aliphatic carbocycles. The van der Waals surface area contributed by atoms with Crippen molar-refractivity contribution in [2.45, 2.75) is 6.92 Å². The summed E-state index contributed by atoms with van der Waals surface area (Å²) in [6, 6.07) is 5.32. The van der Waals surface area contributed by atoms with Crippen LogP contribution in [0.1, 0.15) is 27.6 Å². The van der Waals surface area contributed by atoms with Gasteiger partial charge in [-0.2, -0.15) is 11.8 Å². The molecule has 2 amide bonds. The van der Waals surface area contributed by atoms with Gasteiger partial charge in [-0.15, -0.1) is 0 Å². The molecular weight excluding hydrogens is 248 g/mol. The van der Waals surface area contributed by atoms with E-state index in [1.54, 1.807) is 12.1 Å². The van der Waals surface area contributed by atoms with Crippen LogP contribution in [0, 0.1) is 0 Å². The summed E-state index contributed by atoms with van der Waals surface area (Å²) in [5, 5.41) is 3.26. The Morgan fingerprint density at radius 1 is 1.22 bits per heavy atom. The molecule has 0 fully saturated rings. The Morgan fingerprint density at radius 3 is 2.67 bits per heavy atom. The smallest absolute Gasteiger partial charge is 0.261 e. The average Bonchev–Trinajstić information content (AvgIpc) is 2.60. The third-order valence-corrected chi connectivity index (χ3v) is 3.77. The molecular formula is C13H16N2O2S. The Morgan fingerprint density at radius 2 is 1.94 bits per heavy atom. The summed E-state index contributed by atoms with van der Waals surface area (Å²) in [7, 11) is 1.51. The van der Waals surface area contributed by atoms with Crippen molar-refractivity contribution >= 4 is 29.3 Å². The minimum Gasteiger partial charge on any atom is -0.384 e. The van der Waals surface area contributed by atoms with Crippen molar-refractivity contribution in [1.82, 2.24) is 4.90 Å². The van der Waals surface area contributed by atoms with Crippen molar-refractivity contribution in [2.24, 2.45) is 0 Å². The Balaban J connectivity index is 2.09. The van der Waals surface area contributed by atoms with Gasteiger partial charge in [-0.05, 0) is 24.0 Å². The number of nitrogens with one attached hydrogen (secondary N) is 1. The molecule has 1 aliphatic heterocycles. The van der Waals surface area contributed by atoms with Crippen LogP contribution in [0.5, 0.6) is 0 Å². The zero-order valence-corrected chi connectivity index (χ0v) is 11.3. The Kier molecular flexibility index (Phi) is 3.91. The summed E-state index contributed by atoms with van der Waals surface area (Å²) >= 11 is 1.86. The van der Waals surface area contributed by atoms with E-state index in [-0.39, 0.29) is 11.8 Å². The van der Waals surface area contributed by atoms with Gasteiger partial charge in [-0.3, -0.25) is 14.5 Å². The highest BCUT2D eigenvalue weighted by Gasteiger charge is 2.32. The lowest BCUT2D eigenvalue weighted by atomic mass is 10.1. The van der Waals surface area contributed by atoms with Gasteiger partial charge in [0, 0.05) is 25.0 Å². The summed E-state index contributed by atoms with van der Waals surface area (Å²) in [6.45, 7) is 2.98. The normalized spacial score (nSPS) is 14.0. The van der Waals surface area contributed by atoms with E-state index in [2.05, 4.69) is 12.2 Å². The second-order valence-corrected chi connectivity index (χ2v) is 5.45. The van der Waals surface area contributed by atoms with Gasteiger partial charge in [-0.1, -0.05) is 6.92 Å². The van der Waals surface area contributed by atoms with E-state index in [1.165, 1.54) is 7.05 Å². The van der Waals surface area contributed by atoms with Gasteiger partial charge in [0.1, 0.15) is 0 Å².